The highest BCUT2D eigenvalue weighted by Crippen LogP contribution is 2.12. The summed E-state index contributed by atoms with van der Waals surface area (Å²) < 4.78 is 26.3. The Bertz CT molecular complexity index is 450. The van der Waals surface area contributed by atoms with E-state index in [9.17, 15) is 18.4 Å². The van der Waals surface area contributed by atoms with Crippen molar-refractivity contribution in [2.45, 2.75) is 6.54 Å². The number of rotatable bonds is 6. The number of hydrogen-bond donors (Lipinski definition) is 2. The van der Waals surface area contributed by atoms with Gasteiger partial charge in [0.05, 0.1) is 13.1 Å². The van der Waals surface area contributed by atoms with Gasteiger partial charge in [0.15, 0.2) is 0 Å². The van der Waals surface area contributed by atoms with Crippen LogP contribution in [0.5, 0.6) is 0 Å². The van der Waals surface area contributed by atoms with E-state index in [2.05, 4.69) is 0 Å². The van der Waals surface area contributed by atoms with Gasteiger partial charge in [0.2, 0.25) is 5.91 Å². The molecule has 0 radical (unpaired) electrons. The average molecular weight is 258 g/mol. The number of aliphatic carboxylic acids is 1. The maximum atomic E-state index is 13.3. The van der Waals surface area contributed by atoms with Crippen LogP contribution in [0, 0.1) is 11.6 Å². The van der Waals surface area contributed by atoms with Gasteiger partial charge in [-0.3, -0.25) is 14.5 Å². The Morgan fingerprint density at radius 3 is 2.50 bits per heavy atom. The molecule has 0 saturated carbocycles. The number of carboxylic acid groups (broad SMARTS) is 1. The lowest BCUT2D eigenvalue weighted by Gasteiger charge is -2.18. The Morgan fingerprint density at radius 2 is 1.94 bits per heavy atom. The molecule has 0 bridgehead atoms. The van der Waals surface area contributed by atoms with Crippen LogP contribution in [-0.4, -0.2) is 35.0 Å². The van der Waals surface area contributed by atoms with Crippen molar-refractivity contribution >= 4 is 11.9 Å². The highest BCUT2D eigenvalue weighted by atomic mass is 19.1. The van der Waals surface area contributed by atoms with E-state index in [1.807, 2.05) is 0 Å². The van der Waals surface area contributed by atoms with E-state index in [0.29, 0.717) is 0 Å². The van der Waals surface area contributed by atoms with E-state index < -0.39 is 30.1 Å². The molecule has 5 nitrogen and oxygen atoms in total. The second kappa shape index (κ2) is 6.06. The lowest BCUT2D eigenvalue weighted by molar-refractivity contribution is -0.138. The summed E-state index contributed by atoms with van der Waals surface area (Å²) in [6, 6.07) is 2.84. The van der Waals surface area contributed by atoms with Crippen molar-refractivity contribution in [3.8, 4) is 0 Å². The largest absolute Gasteiger partial charge is 0.480 e. The van der Waals surface area contributed by atoms with Crippen LogP contribution in [0.2, 0.25) is 0 Å². The monoisotopic (exact) mass is 258 g/mol. The highest BCUT2D eigenvalue weighted by Gasteiger charge is 2.15. The number of hydrogen-bond acceptors (Lipinski definition) is 3. The molecule has 0 aliphatic carbocycles. The molecule has 0 aliphatic heterocycles. The maximum Gasteiger partial charge on any atom is 0.317 e. The van der Waals surface area contributed by atoms with Crippen LogP contribution in [-0.2, 0) is 16.1 Å². The van der Waals surface area contributed by atoms with Crippen molar-refractivity contribution in [3.63, 3.8) is 0 Å². The first kappa shape index (κ1) is 14.0. The zero-order valence-electron chi connectivity index (χ0n) is 9.40. The third-order valence-electron chi connectivity index (χ3n) is 2.14. The molecule has 0 saturated heterocycles. The molecule has 3 N–H and O–H groups in total. The van der Waals surface area contributed by atoms with Gasteiger partial charge in [-0.25, -0.2) is 8.78 Å². The molecule has 1 amide bonds. The summed E-state index contributed by atoms with van der Waals surface area (Å²) in [5.74, 6) is -3.24. The molecule has 0 spiro atoms. The van der Waals surface area contributed by atoms with E-state index in [-0.39, 0.29) is 18.7 Å². The fourth-order valence-corrected chi connectivity index (χ4v) is 1.48. The van der Waals surface area contributed by atoms with E-state index in [4.69, 9.17) is 10.8 Å². The SMILES string of the molecule is NC(=O)CN(CC(=O)O)Cc1cc(F)ccc1F. The van der Waals surface area contributed by atoms with Crippen molar-refractivity contribution in [1.82, 2.24) is 4.90 Å². The van der Waals surface area contributed by atoms with Crippen LogP contribution in [0.3, 0.4) is 0 Å². The molecule has 0 aliphatic rings. The number of nitrogens with two attached hydrogens (primary N) is 1. The van der Waals surface area contributed by atoms with Gasteiger partial charge in [-0.05, 0) is 18.2 Å². The molecule has 0 unspecified atom stereocenters. The molecule has 0 fully saturated rings. The number of amides is 1. The van der Waals surface area contributed by atoms with Gasteiger partial charge in [0.1, 0.15) is 11.6 Å². The molecular formula is C11H12F2N2O3. The predicted molar refractivity (Wildman–Crippen MR) is 58.5 cm³/mol. The Balaban J connectivity index is 2.84. The first-order valence-corrected chi connectivity index (χ1v) is 5.05. The molecule has 0 aromatic heterocycles. The van der Waals surface area contributed by atoms with Crippen LogP contribution >= 0.6 is 0 Å². The van der Waals surface area contributed by atoms with Crippen molar-refractivity contribution < 1.29 is 23.5 Å². The van der Waals surface area contributed by atoms with Crippen molar-refractivity contribution in [1.29, 1.82) is 0 Å². The number of halogens is 2. The molecule has 1 aromatic rings. The van der Waals surface area contributed by atoms with Crippen LogP contribution in [0.1, 0.15) is 5.56 Å². The third-order valence-corrected chi connectivity index (χ3v) is 2.14. The minimum absolute atomic E-state index is 0.0301. The van der Waals surface area contributed by atoms with Gasteiger partial charge in [-0.2, -0.15) is 0 Å². The summed E-state index contributed by atoms with van der Waals surface area (Å²) in [6.07, 6.45) is 0. The lowest BCUT2D eigenvalue weighted by Crippen LogP contribution is -2.37. The summed E-state index contributed by atoms with van der Waals surface area (Å²) in [6.45, 7) is -1.04. The Hall–Kier alpha value is -2.02. The minimum Gasteiger partial charge on any atom is -0.480 e. The van der Waals surface area contributed by atoms with Gasteiger partial charge in [-0.15, -0.1) is 0 Å². The number of carbonyl (C=O) groups excluding carboxylic acids is 1. The Labute approximate surface area is 102 Å². The first-order chi connectivity index (χ1) is 8.38. The number of benzene rings is 1. The average Bonchev–Trinajstić information content (AvgIpc) is 2.21. The third kappa shape index (κ3) is 4.46. The molecule has 98 valence electrons. The van der Waals surface area contributed by atoms with Crippen molar-refractivity contribution in [2.24, 2.45) is 5.73 Å². The van der Waals surface area contributed by atoms with Gasteiger partial charge in [-0.1, -0.05) is 0 Å². The van der Waals surface area contributed by atoms with Gasteiger partial charge in [0.25, 0.3) is 0 Å². The highest BCUT2D eigenvalue weighted by molar-refractivity contribution is 5.77. The molecule has 0 atom stereocenters. The number of primary amides is 1. The zero-order valence-corrected chi connectivity index (χ0v) is 9.40. The van der Waals surface area contributed by atoms with Crippen molar-refractivity contribution in [2.75, 3.05) is 13.1 Å². The maximum absolute atomic E-state index is 13.3. The number of nitrogens with zero attached hydrogens (tertiary/aromatic N) is 1. The second-order valence-electron chi connectivity index (χ2n) is 3.74. The lowest BCUT2D eigenvalue weighted by atomic mass is 10.2. The summed E-state index contributed by atoms with van der Waals surface area (Å²) in [7, 11) is 0. The molecule has 1 rings (SSSR count). The topological polar surface area (TPSA) is 83.6 Å². The minimum atomic E-state index is -1.19. The van der Waals surface area contributed by atoms with Crippen LogP contribution in [0.25, 0.3) is 0 Å². The molecule has 7 heteroatoms. The molecule has 18 heavy (non-hydrogen) atoms. The zero-order chi connectivity index (χ0) is 13.7. The van der Waals surface area contributed by atoms with E-state index >= 15 is 0 Å². The smallest absolute Gasteiger partial charge is 0.317 e. The molecular weight excluding hydrogens is 246 g/mol. The van der Waals surface area contributed by atoms with Gasteiger partial charge >= 0.3 is 5.97 Å². The number of carbonyl (C=O) groups is 2. The number of carboxylic acids is 1. The fraction of sp³-hybridized carbons (Fsp3) is 0.273. The van der Waals surface area contributed by atoms with Gasteiger partial charge < -0.3 is 10.8 Å². The van der Waals surface area contributed by atoms with E-state index in [1.54, 1.807) is 0 Å². The second-order valence-corrected chi connectivity index (χ2v) is 3.74. The molecule has 1 aromatic carbocycles. The summed E-state index contributed by atoms with van der Waals surface area (Å²) in [5.41, 5.74) is 4.92. The van der Waals surface area contributed by atoms with E-state index in [0.717, 1.165) is 23.1 Å². The molecule has 0 heterocycles. The van der Waals surface area contributed by atoms with Crippen LogP contribution in [0.15, 0.2) is 18.2 Å². The van der Waals surface area contributed by atoms with Crippen LogP contribution in [0.4, 0.5) is 8.78 Å². The Kier molecular flexibility index (Phi) is 4.73. The Morgan fingerprint density at radius 1 is 1.28 bits per heavy atom. The summed E-state index contributed by atoms with van der Waals surface area (Å²) >= 11 is 0. The fourth-order valence-electron chi connectivity index (χ4n) is 1.48. The van der Waals surface area contributed by atoms with Crippen molar-refractivity contribution in [3.05, 3.63) is 35.4 Å². The van der Waals surface area contributed by atoms with Gasteiger partial charge in [0, 0.05) is 12.1 Å². The predicted octanol–water partition coefficient (Wildman–Crippen LogP) is 0.337. The normalized spacial score (nSPS) is 10.6. The van der Waals surface area contributed by atoms with Crippen LogP contribution < -0.4 is 5.73 Å². The summed E-state index contributed by atoms with van der Waals surface area (Å²) in [4.78, 5) is 22.4. The summed E-state index contributed by atoms with van der Waals surface area (Å²) in [5, 5.41) is 8.64. The first-order valence-electron chi connectivity index (χ1n) is 5.05. The standard InChI is InChI=1S/C11H12F2N2O3/c12-8-1-2-9(13)7(3-8)4-15(5-10(14)16)6-11(17)18/h1-3H,4-6H2,(H2,14,16)(H,17,18). The quantitative estimate of drug-likeness (QED) is 0.770. The van der Waals surface area contributed by atoms with E-state index in [1.165, 1.54) is 0 Å².